The van der Waals surface area contributed by atoms with Gasteiger partial charge < -0.3 is 4.42 Å². The van der Waals surface area contributed by atoms with E-state index in [1.807, 2.05) is 18.2 Å². The Bertz CT molecular complexity index is 792. The van der Waals surface area contributed by atoms with Crippen molar-refractivity contribution in [3.8, 4) is 0 Å². The topological polar surface area (TPSA) is 55.5 Å². The Morgan fingerprint density at radius 1 is 1.11 bits per heavy atom. The van der Waals surface area contributed by atoms with Gasteiger partial charge in [-0.05, 0) is 24.3 Å². The van der Waals surface area contributed by atoms with Gasteiger partial charge in [0.25, 0.3) is 0 Å². The van der Waals surface area contributed by atoms with Crippen LogP contribution in [-0.2, 0) is 0 Å². The lowest BCUT2D eigenvalue weighted by Gasteiger charge is -1.97. The Kier molecular flexibility index (Phi) is 2.90. The number of aliphatic imine (C=N–C) groups is 1. The van der Waals surface area contributed by atoms with Crippen molar-refractivity contribution in [1.29, 1.82) is 0 Å². The maximum Gasteiger partial charge on any atom is 0.201 e. The summed E-state index contributed by atoms with van der Waals surface area (Å²) < 4.78 is 5.40. The maximum atomic E-state index is 12.2. The van der Waals surface area contributed by atoms with Crippen molar-refractivity contribution in [2.24, 2.45) is 4.99 Å². The van der Waals surface area contributed by atoms with Gasteiger partial charge >= 0.3 is 0 Å². The van der Waals surface area contributed by atoms with Crippen molar-refractivity contribution in [1.82, 2.24) is 4.98 Å². The van der Waals surface area contributed by atoms with Crippen LogP contribution in [0.3, 0.4) is 0 Å². The Labute approximate surface area is 109 Å². The molecule has 2 aromatic heterocycles. The molecular formula is C15H10N2O2. The maximum absolute atomic E-state index is 12.2. The number of aromatic nitrogens is 1. The molecule has 1 aromatic carbocycles. The fraction of sp³-hybridized carbons (Fsp3) is 0. The molecule has 0 aliphatic carbocycles. The second-order valence-corrected chi connectivity index (χ2v) is 3.96. The molecule has 0 unspecified atom stereocenters. The van der Waals surface area contributed by atoms with E-state index in [9.17, 15) is 4.79 Å². The Hall–Kier alpha value is -2.75. The normalized spacial score (nSPS) is 11.2. The number of benzene rings is 1. The zero-order valence-corrected chi connectivity index (χ0v) is 9.98. The third-order valence-electron chi connectivity index (χ3n) is 2.69. The number of nitrogens with zero attached hydrogens (tertiary/aromatic N) is 2. The Morgan fingerprint density at radius 3 is 2.79 bits per heavy atom. The molecule has 0 saturated heterocycles. The van der Waals surface area contributed by atoms with Gasteiger partial charge in [-0.2, -0.15) is 0 Å². The van der Waals surface area contributed by atoms with Gasteiger partial charge in [0.05, 0.1) is 10.9 Å². The van der Waals surface area contributed by atoms with Gasteiger partial charge in [0.2, 0.25) is 5.43 Å². The lowest BCUT2D eigenvalue weighted by atomic mass is 10.2. The van der Waals surface area contributed by atoms with Crippen LogP contribution in [0.15, 0.2) is 69.1 Å². The first-order valence-corrected chi connectivity index (χ1v) is 5.80. The molecule has 0 bridgehead atoms. The van der Waals surface area contributed by atoms with Crippen LogP contribution in [0.25, 0.3) is 11.0 Å². The van der Waals surface area contributed by atoms with E-state index in [4.69, 9.17) is 4.42 Å². The number of para-hydroxylation sites is 1. The molecule has 3 aromatic rings. The third kappa shape index (κ3) is 2.28. The highest BCUT2D eigenvalue weighted by Crippen LogP contribution is 2.10. The summed E-state index contributed by atoms with van der Waals surface area (Å²) in [6.45, 7) is 0. The average molecular weight is 250 g/mol. The van der Waals surface area contributed by atoms with E-state index in [1.54, 1.807) is 30.5 Å². The predicted molar refractivity (Wildman–Crippen MR) is 74.0 cm³/mol. The molecular weight excluding hydrogens is 240 g/mol. The fourth-order valence-corrected chi connectivity index (χ4v) is 1.75. The molecule has 0 atom stereocenters. The molecule has 0 aliphatic rings. The summed E-state index contributed by atoms with van der Waals surface area (Å²) in [5.74, 6) is 0.551. The van der Waals surface area contributed by atoms with Gasteiger partial charge in [-0.15, -0.1) is 0 Å². The molecule has 0 fully saturated rings. The number of fused-ring (bicyclic) bond motifs is 1. The fourth-order valence-electron chi connectivity index (χ4n) is 1.75. The summed E-state index contributed by atoms with van der Waals surface area (Å²) >= 11 is 0. The SMILES string of the molecule is O=c1c(/C=N/c2ccccn2)coc2ccccc12. The van der Waals surface area contributed by atoms with Crippen LogP contribution >= 0.6 is 0 Å². The van der Waals surface area contributed by atoms with Crippen LogP contribution in [0.1, 0.15) is 5.56 Å². The summed E-state index contributed by atoms with van der Waals surface area (Å²) in [6, 6.07) is 12.5. The van der Waals surface area contributed by atoms with E-state index >= 15 is 0 Å². The van der Waals surface area contributed by atoms with Crippen molar-refractivity contribution >= 4 is 23.0 Å². The van der Waals surface area contributed by atoms with E-state index < -0.39 is 0 Å². The summed E-state index contributed by atoms with van der Waals surface area (Å²) in [7, 11) is 0. The lowest BCUT2D eigenvalue weighted by molar-refractivity contribution is 0.601. The van der Waals surface area contributed by atoms with Crippen molar-refractivity contribution in [2.45, 2.75) is 0 Å². The summed E-state index contributed by atoms with van der Waals surface area (Å²) in [5.41, 5.74) is 0.883. The van der Waals surface area contributed by atoms with Crippen LogP contribution < -0.4 is 5.43 Å². The molecule has 0 amide bonds. The molecule has 19 heavy (non-hydrogen) atoms. The molecule has 0 radical (unpaired) electrons. The zero-order chi connectivity index (χ0) is 13.1. The standard InChI is InChI=1S/C15H10N2O2/c18-15-11(9-17-14-7-3-4-8-16-14)10-19-13-6-2-1-5-12(13)15/h1-10H/b17-9+. The predicted octanol–water partition coefficient (Wildman–Crippen LogP) is 2.94. The van der Waals surface area contributed by atoms with Crippen molar-refractivity contribution in [2.75, 3.05) is 0 Å². The molecule has 92 valence electrons. The number of rotatable bonds is 2. The van der Waals surface area contributed by atoms with E-state index in [0.717, 1.165) is 0 Å². The molecule has 0 saturated carbocycles. The second kappa shape index (κ2) is 4.86. The highest BCUT2D eigenvalue weighted by molar-refractivity contribution is 5.87. The van der Waals surface area contributed by atoms with Crippen LogP contribution in [0, 0.1) is 0 Å². The molecule has 2 heterocycles. The van der Waals surface area contributed by atoms with Gasteiger partial charge in [-0.25, -0.2) is 9.98 Å². The van der Waals surface area contributed by atoms with Gasteiger partial charge in [0.15, 0.2) is 5.82 Å². The summed E-state index contributed by atoms with van der Waals surface area (Å²) in [4.78, 5) is 20.4. The number of hydrogen-bond acceptors (Lipinski definition) is 4. The zero-order valence-electron chi connectivity index (χ0n) is 9.98. The highest BCUT2D eigenvalue weighted by Gasteiger charge is 2.03. The minimum absolute atomic E-state index is 0.0958. The minimum Gasteiger partial charge on any atom is -0.463 e. The highest BCUT2D eigenvalue weighted by atomic mass is 16.3. The van der Waals surface area contributed by atoms with Crippen LogP contribution in [0.4, 0.5) is 5.82 Å². The van der Waals surface area contributed by atoms with E-state index in [1.165, 1.54) is 12.5 Å². The van der Waals surface area contributed by atoms with E-state index in [2.05, 4.69) is 9.98 Å². The van der Waals surface area contributed by atoms with Gasteiger partial charge in [-0.1, -0.05) is 18.2 Å². The first-order valence-electron chi connectivity index (χ1n) is 5.80. The van der Waals surface area contributed by atoms with Crippen LogP contribution in [0.2, 0.25) is 0 Å². The average Bonchev–Trinajstić information content (AvgIpc) is 2.48. The lowest BCUT2D eigenvalue weighted by Crippen LogP contribution is -2.07. The van der Waals surface area contributed by atoms with Crippen molar-refractivity contribution in [3.63, 3.8) is 0 Å². The van der Waals surface area contributed by atoms with E-state index in [0.29, 0.717) is 22.4 Å². The Morgan fingerprint density at radius 2 is 1.95 bits per heavy atom. The minimum atomic E-state index is -0.0958. The number of pyridine rings is 1. The van der Waals surface area contributed by atoms with Crippen molar-refractivity contribution < 1.29 is 4.42 Å². The third-order valence-corrected chi connectivity index (χ3v) is 2.69. The number of hydrogen-bond donors (Lipinski definition) is 0. The monoisotopic (exact) mass is 250 g/mol. The summed E-state index contributed by atoms with van der Waals surface area (Å²) in [5, 5.41) is 0.549. The molecule has 4 nitrogen and oxygen atoms in total. The van der Waals surface area contributed by atoms with Gasteiger partial charge in [0, 0.05) is 12.4 Å². The summed E-state index contributed by atoms with van der Waals surface area (Å²) in [6.07, 6.45) is 4.53. The molecule has 4 heteroatoms. The molecule has 0 aliphatic heterocycles. The van der Waals surface area contributed by atoms with Gasteiger partial charge in [0.1, 0.15) is 11.8 Å². The quantitative estimate of drug-likeness (QED) is 0.657. The van der Waals surface area contributed by atoms with Crippen LogP contribution in [-0.4, -0.2) is 11.2 Å². The second-order valence-electron chi connectivity index (χ2n) is 3.96. The Balaban J connectivity index is 2.05. The molecule has 0 N–H and O–H groups in total. The first-order chi connectivity index (χ1) is 9.34. The molecule has 3 rings (SSSR count). The van der Waals surface area contributed by atoms with E-state index in [-0.39, 0.29) is 5.43 Å². The van der Waals surface area contributed by atoms with Crippen molar-refractivity contribution in [3.05, 3.63) is 70.7 Å². The van der Waals surface area contributed by atoms with Gasteiger partial charge in [-0.3, -0.25) is 4.79 Å². The first kappa shape index (κ1) is 11.3. The van der Waals surface area contributed by atoms with Crippen LogP contribution in [0.5, 0.6) is 0 Å². The molecule has 0 spiro atoms. The smallest absolute Gasteiger partial charge is 0.201 e. The largest absolute Gasteiger partial charge is 0.463 e.